The quantitative estimate of drug-likeness (QED) is 0.778. The molecule has 1 heterocycles. The van der Waals surface area contributed by atoms with Crippen LogP contribution in [0.1, 0.15) is 41.9 Å². The minimum atomic E-state index is -2.82. The van der Waals surface area contributed by atoms with Gasteiger partial charge in [0.05, 0.1) is 11.7 Å². The molecule has 1 aliphatic rings. The number of rotatable bonds is 5. The van der Waals surface area contributed by atoms with Gasteiger partial charge in [-0.2, -0.15) is 13.8 Å². The van der Waals surface area contributed by atoms with Crippen LogP contribution in [-0.2, 0) is 9.47 Å². The Morgan fingerprint density at radius 3 is 2.58 bits per heavy atom. The lowest BCUT2D eigenvalue weighted by atomic mass is 10.1. The number of ether oxygens (including phenoxy) is 2. The van der Waals surface area contributed by atoms with Crippen molar-refractivity contribution in [3.8, 4) is 11.4 Å². The van der Waals surface area contributed by atoms with E-state index in [0.29, 0.717) is 11.1 Å². The summed E-state index contributed by atoms with van der Waals surface area (Å²) in [5, 5.41) is 3.49. The Labute approximate surface area is 136 Å². The van der Waals surface area contributed by atoms with Crippen LogP contribution >= 0.6 is 0 Å². The number of methoxy groups -OCH3 is 1. The van der Waals surface area contributed by atoms with Crippen LogP contribution < -0.4 is 0 Å². The van der Waals surface area contributed by atoms with Gasteiger partial charge in [0.15, 0.2) is 0 Å². The van der Waals surface area contributed by atoms with Gasteiger partial charge in [-0.25, -0.2) is 4.79 Å². The SMILES string of the molecule is CO[C@H]1CCC[C@H]1OC(=O)c1ccc(-c2noc(C(F)F)n2)cc1. The fraction of sp³-hybridized carbons (Fsp3) is 0.438. The summed E-state index contributed by atoms with van der Waals surface area (Å²) in [7, 11) is 1.60. The van der Waals surface area contributed by atoms with Gasteiger partial charge in [-0.1, -0.05) is 17.3 Å². The van der Waals surface area contributed by atoms with E-state index in [-0.39, 0.29) is 18.0 Å². The van der Waals surface area contributed by atoms with Crippen molar-refractivity contribution in [2.75, 3.05) is 7.11 Å². The lowest BCUT2D eigenvalue weighted by Crippen LogP contribution is -2.27. The molecule has 1 fully saturated rings. The third-order valence-electron chi connectivity index (χ3n) is 3.96. The molecule has 3 rings (SSSR count). The average Bonchev–Trinajstić information content (AvgIpc) is 3.24. The van der Waals surface area contributed by atoms with Gasteiger partial charge in [0.25, 0.3) is 5.89 Å². The molecule has 1 aromatic carbocycles. The lowest BCUT2D eigenvalue weighted by Gasteiger charge is -2.18. The minimum Gasteiger partial charge on any atom is -0.456 e. The number of carbonyl (C=O) groups excluding carboxylic acids is 1. The molecule has 1 aromatic heterocycles. The van der Waals surface area contributed by atoms with Gasteiger partial charge >= 0.3 is 12.4 Å². The number of nitrogens with zero attached hydrogens (tertiary/aromatic N) is 2. The maximum atomic E-state index is 12.5. The fourth-order valence-electron chi connectivity index (χ4n) is 2.70. The smallest absolute Gasteiger partial charge is 0.338 e. The van der Waals surface area contributed by atoms with Gasteiger partial charge < -0.3 is 14.0 Å². The number of hydrogen-bond acceptors (Lipinski definition) is 6. The number of alkyl halides is 2. The first kappa shape index (κ1) is 16.5. The number of benzene rings is 1. The Bertz CT molecular complexity index is 702. The number of halogens is 2. The first-order valence-corrected chi connectivity index (χ1v) is 7.54. The topological polar surface area (TPSA) is 74.5 Å². The van der Waals surface area contributed by atoms with E-state index in [4.69, 9.17) is 9.47 Å². The molecule has 0 aliphatic heterocycles. The Hall–Kier alpha value is -2.35. The zero-order chi connectivity index (χ0) is 17.1. The maximum Gasteiger partial charge on any atom is 0.338 e. The summed E-state index contributed by atoms with van der Waals surface area (Å²) < 4.78 is 40.1. The highest BCUT2D eigenvalue weighted by Gasteiger charge is 2.30. The van der Waals surface area contributed by atoms with E-state index in [1.807, 2.05) is 0 Å². The van der Waals surface area contributed by atoms with Crippen molar-refractivity contribution >= 4 is 5.97 Å². The number of carbonyl (C=O) groups is 1. The molecule has 2 atom stereocenters. The number of hydrogen-bond donors (Lipinski definition) is 0. The molecule has 0 N–H and O–H groups in total. The van der Waals surface area contributed by atoms with Gasteiger partial charge in [-0.3, -0.25) is 0 Å². The fourth-order valence-corrected chi connectivity index (χ4v) is 2.70. The molecule has 2 aromatic rings. The van der Waals surface area contributed by atoms with Crippen LogP contribution in [0.2, 0.25) is 0 Å². The summed E-state index contributed by atoms with van der Waals surface area (Å²) in [6.45, 7) is 0. The van der Waals surface area contributed by atoms with Crippen LogP contribution in [0.4, 0.5) is 8.78 Å². The molecule has 0 radical (unpaired) electrons. The van der Waals surface area contributed by atoms with Gasteiger partial charge in [-0.05, 0) is 31.4 Å². The second-order valence-corrected chi connectivity index (χ2v) is 5.48. The first-order valence-electron chi connectivity index (χ1n) is 7.54. The number of aromatic nitrogens is 2. The number of esters is 1. The monoisotopic (exact) mass is 338 g/mol. The lowest BCUT2D eigenvalue weighted by molar-refractivity contribution is -0.0206. The summed E-state index contributed by atoms with van der Waals surface area (Å²) in [5.41, 5.74) is 0.830. The summed E-state index contributed by atoms with van der Waals surface area (Å²) in [6, 6.07) is 6.18. The van der Waals surface area contributed by atoms with Gasteiger partial charge in [0.1, 0.15) is 6.10 Å². The molecule has 0 unspecified atom stereocenters. The molecule has 0 saturated heterocycles. The first-order chi connectivity index (χ1) is 11.6. The predicted octanol–water partition coefficient (Wildman–Crippen LogP) is 3.40. The summed E-state index contributed by atoms with van der Waals surface area (Å²) >= 11 is 0. The van der Waals surface area contributed by atoms with Crippen LogP contribution in [0.3, 0.4) is 0 Å². The van der Waals surface area contributed by atoms with Crippen molar-refractivity contribution in [3.63, 3.8) is 0 Å². The summed E-state index contributed by atoms with van der Waals surface area (Å²) in [6.07, 6.45) is -0.521. The van der Waals surface area contributed by atoms with E-state index in [1.165, 1.54) is 12.1 Å². The van der Waals surface area contributed by atoms with Crippen molar-refractivity contribution in [2.45, 2.75) is 37.9 Å². The van der Waals surface area contributed by atoms with Crippen molar-refractivity contribution in [2.24, 2.45) is 0 Å². The highest BCUT2D eigenvalue weighted by atomic mass is 19.3. The van der Waals surface area contributed by atoms with Crippen LogP contribution in [0.15, 0.2) is 28.8 Å². The molecular formula is C16H16F2N2O4. The average molecular weight is 338 g/mol. The Balaban J connectivity index is 1.68. The van der Waals surface area contributed by atoms with Crippen LogP contribution in [-0.4, -0.2) is 35.4 Å². The molecule has 0 spiro atoms. The molecule has 24 heavy (non-hydrogen) atoms. The third-order valence-corrected chi connectivity index (χ3v) is 3.96. The molecule has 1 aliphatic carbocycles. The second-order valence-electron chi connectivity index (χ2n) is 5.48. The van der Waals surface area contributed by atoms with E-state index < -0.39 is 18.3 Å². The molecule has 6 nitrogen and oxygen atoms in total. The summed E-state index contributed by atoms with van der Waals surface area (Å²) in [5.74, 6) is -1.14. The minimum absolute atomic E-state index is 0.0421. The van der Waals surface area contributed by atoms with E-state index in [1.54, 1.807) is 19.2 Å². The van der Waals surface area contributed by atoms with Gasteiger partial charge in [0.2, 0.25) is 5.82 Å². The maximum absolute atomic E-state index is 12.5. The van der Waals surface area contributed by atoms with Crippen molar-refractivity contribution in [1.29, 1.82) is 0 Å². The van der Waals surface area contributed by atoms with Crippen LogP contribution in [0.25, 0.3) is 11.4 Å². The molecular weight excluding hydrogens is 322 g/mol. The normalized spacial score (nSPS) is 20.5. The zero-order valence-electron chi connectivity index (χ0n) is 12.9. The van der Waals surface area contributed by atoms with E-state index in [9.17, 15) is 13.6 Å². The predicted molar refractivity (Wildman–Crippen MR) is 78.5 cm³/mol. The molecule has 1 saturated carbocycles. The molecule has 8 heteroatoms. The van der Waals surface area contributed by atoms with E-state index in [0.717, 1.165) is 19.3 Å². The zero-order valence-corrected chi connectivity index (χ0v) is 12.9. The van der Waals surface area contributed by atoms with E-state index >= 15 is 0 Å². The van der Waals surface area contributed by atoms with Crippen molar-refractivity contribution in [1.82, 2.24) is 10.1 Å². The Morgan fingerprint density at radius 1 is 1.25 bits per heavy atom. The molecule has 128 valence electrons. The Kier molecular flexibility index (Phi) is 4.84. The molecule has 0 bridgehead atoms. The van der Waals surface area contributed by atoms with Gasteiger partial charge in [0, 0.05) is 12.7 Å². The summed E-state index contributed by atoms with van der Waals surface area (Å²) in [4.78, 5) is 15.8. The van der Waals surface area contributed by atoms with Crippen molar-refractivity contribution < 1.29 is 27.6 Å². The highest BCUT2D eigenvalue weighted by molar-refractivity contribution is 5.90. The highest BCUT2D eigenvalue weighted by Crippen LogP contribution is 2.26. The van der Waals surface area contributed by atoms with Crippen molar-refractivity contribution in [3.05, 3.63) is 35.7 Å². The largest absolute Gasteiger partial charge is 0.456 e. The second kappa shape index (κ2) is 7.04. The van der Waals surface area contributed by atoms with E-state index in [2.05, 4.69) is 14.7 Å². The Morgan fingerprint density at radius 2 is 1.96 bits per heavy atom. The van der Waals surface area contributed by atoms with Crippen LogP contribution in [0.5, 0.6) is 0 Å². The third kappa shape index (κ3) is 3.43. The molecule has 0 amide bonds. The standard InChI is InChI=1S/C16H16F2N2O4/c1-22-11-3-2-4-12(11)23-16(21)10-7-5-9(6-8-10)14-19-15(13(17)18)24-20-14/h5-8,11-13H,2-4H2,1H3/t11-,12+/m0/s1. The van der Waals surface area contributed by atoms with Crippen LogP contribution in [0, 0.1) is 0 Å². The van der Waals surface area contributed by atoms with Gasteiger partial charge in [-0.15, -0.1) is 0 Å².